The first-order valence-corrected chi connectivity index (χ1v) is 14.3. The van der Waals surface area contributed by atoms with E-state index < -0.39 is 0 Å². The minimum Gasteiger partial charge on any atom is -0.511 e. The van der Waals surface area contributed by atoms with E-state index >= 15 is 0 Å². The quantitative estimate of drug-likeness (QED) is 0.302. The first-order valence-electron chi connectivity index (χ1n) is 14.3. The maximum absolute atomic E-state index is 12.2. The highest BCUT2D eigenvalue weighted by atomic mass is 18.2. The Labute approximate surface area is 240 Å². The van der Waals surface area contributed by atoms with Crippen LogP contribution in [0.3, 0.4) is 0 Å². The maximum atomic E-state index is 12.2. The Morgan fingerprint density at radius 2 is 1.73 bits per heavy atom. The molecule has 0 radical (unpaired) electrons. The molecule has 0 aromatic carbocycles. The zero-order chi connectivity index (χ0) is 29.2. The van der Waals surface area contributed by atoms with Crippen LogP contribution in [0, 0.1) is 11.8 Å². The molecule has 212 valence electrons. The third-order valence-corrected chi connectivity index (χ3v) is 9.23. The molecule has 8 heteroatoms. The summed E-state index contributed by atoms with van der Waals surface area (Å²) in [5.41, 5.74) is 13.4. The molecular formula is C33H36N4O4. The molecule has 1 saturated heterocycles. The smallest absolute Gasteiger partial charge is 0.305 e. The molecule has 0 unspecified atom stereocenters. The second-order valence-corrected chi connectivity index (χ2v) is 11.4. The Bertz CT molecular complexity index is 1650. The summed E-state index contributed by atoms with van der Waals surface area (Å²) < 4.78 is 4.95. The standard InChI is InChI=1S/C33H36N4O4/c1-7-19-15(2)24-12-28-22(14-38)17(4)23(35-28)11-25-16(3)20(8-9-30(40)41-6)32(36-25)21-10-29(39)31-18(5)26(37-33(21)31)13-27(19)34-24/h11-13,16,20,36,38-39H,7-10,14H2,1-6H3/t16-,20-/m0/s1/i38+2. The third kappa shape index (κ3) is 4.23. The van der Waals surface area contributed by atoms with Gasteiger partial charge in [0.2, 0.25) is 0 Å². The molecule has 41 heavy (non-hydrogen) atoms. The van der Waals surface area contributed by atoms with Crippen molar-refractivity contribution >= 4 is 23.1 Å². The molecule has 8 bridgehead atoms. The van der Waals surface area contributed by atoms with Crippen LogP contribution in [0.25, 0.3) is 0 Å². The fourth-order valence-electron chi connectivity index (χ4n) is 6.73. The van der Waals surface area contributed by atoms with E-state index in [1.807, 2.05) is 26.0 Å². The maximum Gasteiger partial charge on any atom is 0.305 e. The van der Waals surface area contributed by atoms with Crippen LogP contribution in [0.2, 0.25) is 0 Å². The number of nitrogens with zero attached hydrogens (tertiary/aromatic N) is 3. The van der Waals surface area contributed by atoms with E-state index in [-0.39, 0.29) is 30.8 Å². The number of nitrogens with one attached hydrogen (secondary N) is 1. The lowest BCUT2D eigenvalue weighted by Gasteiger charge is -2.17. The van der Waals surface area contributed by atoms with E-state index in [1.165, 1.54) is 7.11 Å². The molecule has 3 N–H and O–H groups in total. The Morgan fingerprint density at radius 1 is 1.05 bits per heavy atom. The van der Waals surface area contributed by atoms with Gasteiger partial charge in [-0.15, -0.1) is 0 Å². The molecular weight excluding hydrogens is 518 g/mol. The van der Waals surface area contributed by atoms with Gasteiger partial charge in [0.15, 0.2) is 0 Å². The summed E-state index contributed by atoms with van der Waals surface area (Å²) in [4.78, 5) is 27.2. The first-order chi connectivity index (χ1) is 19.7. The van der Waals surface area contributed by atoms with Gasteiger partial charge in [-0.1, -0.05) is 13.8 Å². The van der Waals surface area contributed by atoms with Crippen molar-refractivity contribution in [2.24, 2.45) is 26.8 Å². The number of aliphatic hydroxyl groups is 2. The summed E-state index contributed by atoms with van der Waals surface area (Å²) in [6, 6.07) is 0. The highest BCUT2D eigenvalue weighted by Gasteiger charge is 2.41. The van der Waals surface area contributed by atoms with Gasteiger partial charge in [0, 0.05) is 52.8 Å². The van der Waals surface area contributed by atoms with Gasteiger partial charge in [-0.3, -0.25) is 4.79 Å². The van der Waals surface area contributed by atoms with Gasteiger partial charge < -0.3 is 20.3 Å². The number of allylic oxidation sites excluding steroid dienone is 11. The van der Waals surface area contributed by atoms with Crippen LogP contribution in [0.5, 0.6) is 0 Å². The first kappa shape index (κ1) is 27.1. The van der Waals surface area contributed by atoms with Gasteiger partial charge in [0.1, 0.15) is 5.76 Å². The molecule has 0 aromatic rings. The molecule has 0 aromatic heterocycles. The van der Waals surface area contributed by atoms with Gasteiger partial charge in [-0.25, -0.2) is 15.0 Å². The predicted molar refractivity (Wildman–Crippen MR) is 160 cm³/mol. The lowest BCUT2D eigenvalue weighted by atomic mass is 9.86. The number of methoxy groups -OCH3 is 1. The number of carbonyl (C=O) groups is 1. The second kappa shape index (κ2) is 10.1. The fraction of sp³-hybridized carbons (Fsp3) is 0.394. The van der Waals surface area contributed by atoms with E-state index in [1.54, 1.807) is 0 Å². The van der Waals surface area contributed by atoms with E-state index in [9.17, 15) is 15.0 Å². The minimum atomic E-state index is -0.247. The zero-order valence-corrected chi connectivity index (χ0v) is 24.5. The molecule has 5 heterocycles. The monoisotopic (exact) mass is 554 g/mol. The topological polar surface area (TPSA) is 116 Å². The summed E-state index contributed by atoms with van der Waals surface area (Å²) in [7, 11) is 1.41. The van der Waals surface area contributed by atoms with Crippen LogP contribution in [0.15, 0.2) is 106 Å². The molecule has 5 aliphatic heterocycles. The van der Waals surface area contributed by atoms with Crippen LogP contribution < -0.4 is 5.32 Å². The summed E-state index contributed by atoms with van der Waals surface area (Å²) in [6.07, 6.45) is 8.12. The lowest BCUT2D eigenvalue weighted by Crippen LogP contribution is -2.16. The van der Waals surface area contributed by atoms with E-state index in [0.29, 0.717) is 18.6 Å². The van der Waals surface area contributed by atoms with Gasteiger partial charge in [-0.05, 0) is 74.1 Å². The Balaban J connectivity index is 1.59. The SMILES string of the molecule is CCC1=C(C)C2=NC1=CC1=C(C)C3=C(O)CC(=C4NC(=CC5=NC(=C2)C(C[18OH])=C5C)[C@@H](C)[C@@H]4CCC(=O)OC)C3=N1. The van der Waals surface area contributed by atoms with Crippen molar-refractivity contribution in [2.45, 2.75) is 60.3 Å². The van der Waals surface area contributed by atoms with Crippen LogP contribution in [0.4, 0.5) is 0 Å². The Hall–Kier alpha value is -4.04. The average molecular weight is 555 g/mol. The molecule has 0 spiro atoms. The highest BCUT2D eigenvalue weighted by molar-refractivity contribution is 6.21. The van der Waals surface area contributed by atoms with Gasteiger partial charge in [0.25, 0.3) is 0 Å². The summed E-state index contributed by atoms with van der Waals surface area (Å²) in [5.74, 6) is 0.123. The Kier molecular flexibility index (Phi) is 6.69. The molecule has 8 nitrogen and oxygen atoms in total. The summed E-state index contributed by atoms with van der Waals surface area (Å²) in [6.45, 7) is 10.2. The normalized spacial score (nSPS) is 25.0. The van der Waals surface area contributed by atoms with E-state index in [4.69, 9.17) is 19.7 Å². The van der Waals surface area contributed by atoms with E-state index in [0.717, 1.165) is 91.1 Å². The molecule has 2 atom stereocenters. The predicted octanol–water partition coefficient (Wildman–Crippen LogP) is 5.60. The highest BCUT2D eigenvalue weighted by Crippen LogP contribution is 2.46. The number of aliphatic imine (C=N–C) groups is 3. The molecule has 6 rings (SSSR count). The molecule has 0 saturated carbocycles. The van der Waals surface area contributed by atoms with Gasteiger partial charge in [0.05, 0.1) is 47.9 Å². The van der Waals surface area contributed by atoms with Crippen molar-refractivity contribution < 1.29 is 19.7 Å². The minimum absolute atomic E-state index is 0.000975. The molecule has 1 fully saturated rings. The van der Waals surface area contributed by atoms with Crippen molar-refractivity contribution in [1.29, 1.82) is 0 Å². The third-order valence-electron chi connectivity index (χ3n) is 9.23. The molecule has 1 aliphatic carbocycles. The zero-order valence-electron chi connectivity index (χ0n) is 24.5. The van der Waals surface area contributed by atoms with Crippen LogP contribution in [-0.4, -0.2) is 47.0 Å². The van der Waals surface area contributed by atoms with Crippen LogP contribution in [-0.2, 0) is 9.53 Å². The van der Waals surface area contributed by atoms with Gasteiger partial charge in [-0.2, -0.15) is 0 Å². The van der Waals surface area contributed by atoms with Crippen molar-refractivity contribution in [3.63, 3.8) is 0 Å². The molecule has 0 amide bonds. The summed E-state index contributed by atoms with van der Waals surface area (Å²) in [5, 5.41) is 25.1. The Morgan fingerprint density at radius 3 is 2.41 bits per heavy atom. The number of fused-ring (bicyclic) bond motifs is 5. The van der Waals surface area contributed by atoms with Crippen molar-refractivity contribution in [3.8, 4) is 0 Å². The van der Waals surface area contributed by atoms with E-state index in [2.05, 4.69) is 32.2 Å². The van der Waals surface area contributed by atoms with Crippen molar-refractivity contribution in [2.75, 3.05) is 13.7 Å². The number of ether oxygens (including phenoxy) is 1. The van der Waals surface area contributed by atoms with Crippen molar-refractivity contribution in [1.82, 2.24) is 5.32 Å². The van der Waals surface area contributed by atoms with Gasteiger partial charge >= 0.3 is 5.97 Å². The number of hydrogen-bond acceptors (Lipinski definition) is 8. The lowest BCUT2D eigenvalue weighted by molar-refractivity contribution is -0.140. The van der Waals surface area contributed by atoms with Crippen molar-refractivity contribution in [3.05, 3.63) is 91.5 Å². The number of esters is 1. The number of aliphatic hydroxyl groups excluding tert-OH is 2. The summed E-state index contributed by atoms with van der Waals surface area (Å²) >= 11 is 0. The number of hydrogen-bond donors (Lipinski definition) is 3. The number of carbonyl (C=O) groups excluding carboxylic acids is 1. The number of rotatable bonds is 5. The van der Waals surface area contributed by atoms with Crippen LogP contribution in [0.1, 0.15) is 60.3 Å². The molecule has 6 aliphatic rings. The average Bonchev–Trinajstić information content (AvgIpc) is 3.70. The van der Waals surface area contributed by atoms with Crippen LogP contribution >= 0.6 is 0 Å². The largest absolute Gasteiger partial charge is 0.511 e. The fourth-order valence-corrected chi connectivity index (χ4v) is 6.73. The second-order valence-electron chi connectivity index (χ2n) is 11.4.